The van der Waals surface area contributed by atoms with Crippen molar-refractivity contribution >= 4 is 16.0 Å². The van der Waals surface area contributed by atoms with Gasteiger partial charge in [-0.1, -0.05) is 0 Å². The van der Waals surface area contributed by atoms with Gasteiger partial charge in [0.2, 0.25) is 0 Å². The van der Waals surface area contributed by atoms with E-state index < -0.39 is 10.1 Å². The van der Waals surface area contributed by atoms with E-state index in [0.29, 0.717) is 18.7 Å². The Morgan fingerprint density at radius 3 is 2.94 bits per heavy atom. The highest BCUT2D eigenvalue weighted by Crippen LogP contribution is 2.21. The summed E-state index contributed by atoms with van der Waals surface area (Å²) < 4.78 is 28.4. The van der Waals surface area contributed by atoms with Crippen LogP contribution in [0.3, 0.4) is 0 Å². The molecule has 2 rings (SSSR count). The Morgan fingerprint density at radius 2 is 2.28 bits per heavy atom. The summed E-state index contributed by atoms with van der Waals surface area (Å²) in [5, 5.41) is 2.78. The number of nitrogens with zero attached hydrogens (tertiary/aromatic N) is 1. The fraction of sp³-hybridized carbons (Fsp3) is 0.545. The summed E-state index contributed by atoms with van der Waals surface area (Å²) in [6, 6.07) is 1.85. The van der Waals surface area contributed by atoms with Crippen LogP contribution in [0.5, 0.6) is 0 Å². The molecule has 7 heteroatoms. The first-order valence-corrected chi connectivity index (χ1v) is 7.49. The first-order valence-electron chi connectivity index (χ1n) is 5.68. The van der Waals surface area contributed by atoms with Crippen molar-refractivity contribution in [2.45, 2.75) is 19.4 Å². The molecule has 0 bridgehead atoms. The number of hydrogen-bond acceptors (Lipinski definition) is 4. The van der Waals surface area contributed by atoms with E-state index in [2.05, 4.69) is 5.32 Å². The van der Waals surface area contributed by atoms with Gasteiger partial charge in [0.25, 0.3) is 16.0 Å². The zero-order chi connectivity index (χ0) is 13.3. The average Bonchev–Trinajstić information content (AvgIpc) is 2.63. The van der Waals surface area contributed by atoms with E-state index in [1.807, 2.05) is 23.8 Å². The van der Waals surface area contributed by atoms with Gasteiger partial charge in [-0.2, -0.15) is 8.42 Å². The predicted octanol–water partition coefficient (Wildman–Crippen LogP) is 0.447. The first kappa shape index (κ1) is 13.1. The summed E-state index contributed by atoms with van der Waals surface area (Å²) in [6.07, 6.45) is 3.47. The number of amides is 1. The van der Waals surface area contributed by atoms with Crippen molar-refractivity contribution < 1.29 is 17.4 Å². The van der Waals surface area contributed by atoms with Crippen LogP contribution in [-0.4, -0.2) is 38.3 Å². The van der Waals surface area contributed by atoms with Crippen molar-refractivity contribution in [1.29, 1.82) is 0 Å². The van der Waals surface area contributed by atoms with Crippen LogP contribution in [0.4, 0.5) is 0 Å². The molecule has 0 fully saturated rings. The topological polar surface area (TPSA) is 77.4 Å². The number of aromatic nitrogens is 1. The largest absolute Gasteiger partial charge is 0.349 e. The Kier molecular flexibility index (Phi) is 3.45. The van der Waals surface area contributed by atoms with E-state index in [1.165, 1.54) is 0 Å². The number of carbonyl (C=O) groups is 1. The lowest BCUT2D eigenvalue weighted by atomic mass is 10.1. The standard InChI is InChI=1S/C11H16N2O4S/c1-8-5-10-11(14)12-6-9(13(10)7-8)3-4-17-18(2,15)16/h5,7,9H,3-4,6H2,1-2H3,(H,12,14). The highest BCUT2D eigenvalue weighted by Gasteiger charge is 2.24. The minimum atomic E-state index is -3.40. The molecule has 18 heavy (non-hydrogen) atoms. The minimum absolute atomic E-state index is 0.0353. The van der Waals surface area contributed by atoms with Crippen molar-refractivity contribution in [3.05, 3.63) is 23.5 Å². The molecular formula is C11H16N2O4S. The molecule has 0 aliphatic carbocycles. The fourth-order valence-corrected chi connectivity index (χ4v) is 2.48. The second kappa shape index (κ2) is 4.74. The van der Waals surface area contributed by atoms with Gasteiger partial charge in [0.05, 0.1) is 18.9 Å². The third kappa shape index (κ3) is 2.91. The minimum Gasteiger partial charge on any atom is -0.349 e. The van der Waals surface area contributed by atoms with Gasteiger partial charge in [0.15, 0.2) is 0 Å². The first-order chi connectivity index (χ1) is 8.37. The van der Waals surface area contributed by atoms with Crippen LogP contribution in [0, 0.1) is 6.92 Å². The lowest BCUT2D eigenvalue weighted by Crippen LogP contribution is -2.38. The molecule has 6 nitrogen and oxygen atoms in total. The maximum absolute atomic E-state index is 11.6. The molecule has 1 aromatic rings. The number of nitrogens with one attached hydrogen (secondary N) is 1. The van der Waals surface area contributed by atoms with Crippen molar-refractivity contribution in [2.75, 3.05) is 19.4 Å². The predicted molar refractivity (Wildman–Crippen MR) is 66.0 cm³/mol. The quantitative estimate of drug-likeness (QED) is 0.807. The van der Waals surface area contributed by atoms with Crippen LogP contribution in [-0.2, 0) is 14.3 Å². The van der Waals surface area contributed by atoms with Gasteiger partial charge in [0, 0.05) is 12.7 Å². The van der Waals surface area contributed by atoms with Gasteiger partial charge in [-0.15, -0.1) is 0 Å². The van der Waals surface area contributed by atoms with E-state index in [-0.39, 0.29) is 18.6 Å². The van der Waals surface area contributed by atoms with Crippen LogP contribution < -0.4 is 5.32 Å². The Hall–Kier alpha value is -1.34. The van der Waals surface area contributed by atoms with Crippen LogP contribution in [0.2, 0.25) is 0 Å². The number of aryl methyl sites for hydroxylation is 1. The SMILES string of the molecule is Cc1cc2n(c1)C(CCOS(C)(=O)=O)CNC2=O. The second-order valence-electron chi connectivity index (χ2n) is 4.49. The third-order valence-electron chi connectivity index (χ3n) is 2.86. The van der Waals surface area contributed by atoms with Gasteiger partial charge in [-0.25, -0.2) is 0 Å². The molecule has 0 spiro atoms. The van der Waals surface area contributed by atoms with E-state index >= 15 is 0 Å². The maximum atomic E-state index is 11.6. The lowest BCUT2D eigenvalue weighted by Gasteiger charge is -2.26. The maximum Gasteiger partial charge on any atom is 0.267 e. The molecular weight excluding hydrogens is 256 g/mol. The summed E-state index contributed by atoms with van der Waals surface area (Å²) in [6.45, 7) is 2.53. The lowest BCUT2D eigenvalue weighted by molar-refractivity contribution is 0.0909. The summed E-state index contributed by atoms with van der Waals surface area (Å²) in [4.78, 5) is 11.6. The molecule has 1 amide bonds. The van der Waals surface area contributed by atoms with Gasteiger partial charge in [0.1, 0.15) is 5.69 Å². The summed E-state index contributed by atoms with van der Waals surface area (Å²) in [5.41, 5.74) is 1.62. The Bertz CT molecular complexity index is 562. The molecule has 1 atom stereocenters. The summed E-state index contributed by atoms with van der Waals surface area (Å²) in [5.74, 6) is -0.0941. The van der Waals surface area contributed by atoms with Crippen LogP contribution >= 0.6 is 0 Å². The number of carbonyl (C=O) groups excluding carboxylic acids is 1. The molecule has 100 valence electrons. The molecule has 0 saturated heterocycles. The van der Waals surface area contributed by atoms with Gasteiger partial charge < -0.3 is 9.88 Å². The van der Waals surface area contributed by atoms with Crippen molar-refractivity contribution in [3.63, 3.8) is 0 Å². The number of hydrogen-bond donors (Lipinski definition) is 1. The normalized spacial score (nSPS) is 19.4. The third-order valence-corrected chi connectivity index (χ3v) is 3.45. The number of rotatable bonds is 4. The zero-order valence-electron chi connectivity index (χ0n) is 10.3. The monoisotopic (exact) mass is 272 g/mol. The fourth-order valence-electron chi connectivity index (χ4n) is 2.08. The highest BCUT2D eigenvalue weighted by atomic mass is 32.2. The molecule has 1 aliphatic rings. The van der Waals surface area contributed by atoms with Gasteiger partial charge in [-0.3, -0.25) is 8.98 Å². The van der Waals surface area contributed by atoms with Gasteiger partial charge in [-0.05, 0) is 25.0 Å². The van der Waals surface area contributed by atoms with E-state index in [9.17, 15) is 13.2 Å². The summed E-state index contributed by atoms with van der Waals surface area (Å²) >= 11 is 0. The molecule has 1 N–H and O–H groups in total. The highest BCUT2D eigenvalue weighted by molar-refractivity contribution is 7.85. The number of fused-ring (bicyclic) bond motifs is 1. The van der Waals surface area contributed by atoms with Crippen LogP contribution in [0.1, 0.15) is 28.5 Å². The van der Waals surface area contributed by atoms with Crippen molar-refractivity contribution in [3.8, 4) is 0 Å². The molecule has 1 aliphatic heterocycles. The Morgan fingerprint density at radius 1 is 1.56 bits per heavy atom. The van der Waals surface area contributed by atoms with E-state index in [4.69, 9.17) is 4.18 Å². The van der Waals surface area contributed by atoms with Crippen LogP contribution in [0.25, 0.3) is 0 Å². The summed E-state index contributed by atoms with van der Waals surface area (Å²) in [7, 11) is -3.40. The van der Waals surface area contributed by atoms with Crippen molar-refractivity contribution in [1.82, 2.24) is 9.88 Å². The smallest absolute Gasteiger partial charge is 0.267 e. The molecule has 2 heterocycles. The molecule has 0 aromatic carbocycles. The van der Waals surface area contributed by atoms with E-state index in [1.54, 1.807) is 0 Å². The molecule has 1 aromatic heterocycles. The second-order valence-corrected chi connectivity index (χ2v) is 6.13. The Labute approximate surface area is 106 Å². The van der Waals surface area contributed by atoms with Gasteiger partial charge >= 0.3 is 0 Å². The van der Waals surface area contributed by atoms with E-state index in [0.717, 1.165) is 11.8 Å². The molecule has 0 saturated carbocycles. The molecule has 1 unspecified atom stereocenters. The Balaban J connectivity index is 2.07. The zero-order valence-corrected chi connectivity index (χ0v) is 11.2. The molecule has 0 radical (unpaired) electrons. The van der Waals surface area contributed by atoms with Crippen LogP contribution in [0.15, 0.2) is 12.3 Å². The van der Waals surface area contributed by atoms with Crippen molar-refractivity contribution in [2.24, 2.45) is 0 Å². The average molecular weight is 272 g/mol.